The smallest absolute Gasteiger partial charge is 0.480 e. The SMILES string of the molecule is NCCc1ccc(O[Si]2(Oc3ccc(CCN)cc3)n3c4c5ccccc5c3N=C3N=C(N=c5c6ccccc6c(n52)=NC2=NC(=N4)c4ccccc42)c2ccccc23)cc1. The molecule has 294 valence electrons. The molecule has 61 heavy (non-hydrogen) atoms. The number of amidine groups is 4. The van der Waals surface area contributed by atoms with E-state index in [1.54, 1.807) is 0 Å². The van der Waals surface area contributed by atoms with E-state index in [1.165, 1.54) is 0 Å². The summed E-state index contributed by atoms with van der Waals surface area (Å²) in [6.07, 6.45) is 1.45. The van der Waals surface area contributed by atoms with Crippen LogP contribution in [0.2, 0.25) is 0 Å². The Balaban J connectivity index is 1.33. The van der Waals surface area contributed by atoms with Crippen molar-refractivity contribution in [1.29, 1.82) is 0 Å². The Labute approximate surface area is 350 Å². The fraction of sp³-hybridized carbons (Fsp3) is 0.0833. The number of hydrogen-bond donors (Lipinski definition) is 2. The quantitative estimate of drug-likeness (QED) is 0.168. The molecule has 6 bridgehead atoms. The van der Waals surface area contributed by atoms with Crippen LogP contribution in [0.25, 0.3) is 21.5 Å². The van der Waals surface area contributed by atoms with Crippen molar-refractivity contribution in [2.24, 2.45) is 41.4 Å². The normalized spacial score (nSPS) is 15.1. The molecule has 8 aromatic rings. The zero-order chi connectivity index (χ0) is 40.7. The van der Waals surface area contributed by atoms with Gasteiger partial charge in [-0.3, -0.25) is 8.47 Å². The van der Waals surface area contributed by atoms with Gasteiger partial charge in [0.2, 0.25) is 0 Å². The summed E-state index contributed by atoms with van der Waals surface area (Å²) >= 11 is 0. The summed E-state index contributed by atoms with van der Waals surface area (Å²) in [7, 11) is -4.49. The molecule has 12 rings (SSSR count). The van der Waals surface area contributed by atoms with E-state index >= 15 is 0 Å². The molecule has 0 spiro atoms. The van der Waals surface area contributed by atoms with Crippen molar-refractivity contribution in [1.82, 2.24) is 8.47 Å². The third kappa shape index (κ3) is 5.45. The minimum absolute atomic E-state index is 0.520. The van der Waals surface area contributed by atoms with Gasteiger partial charge in [-0.2, -0.15) is 0 Å². The molecule has 0 amide bonds. The van der Waals surface area contributed by atoms with E-state index in [9.17, 15) is 0 Å². The minimum atomic E-state index is -4.49. The number of hydrogen-bond acceptors (Lipinski definition) is 10. The molecule has 0 radical (unpaired) electrons. The van der Waals surface area contributed by atoms with Gasteiger partial charge in [-0.15, -0.1) is 0 Å². The first-order chi connectivity index (χ1) is 30.1. The maximum absolute atomic E-state index is 7.74. The van der Waals surface area contributed by atoms with E-state index in [2.05, 4.69) is 32.7 Å². The van der Waals surface area contributed by atoms with Crippen LogP contribution in [-0.4, -0.2) is 53.8 Å². The van der Waals surface area contributed by atoms with Crippen molar-refractivity contribution < 1.29 is 8.85 Å². The zero-order valence-electron chi connectivity index (χ0n) is 32.7. The highest BCUT2D eigenvalue weighted by atomic mass is 28.4. The van der Waals surface area contributed by atoms with Crippen molar-refractivity contribution >= 4 is 65.4 Å². The second kappa shape index (κ2) is 13.7. The topological polar surface area (TPSA) is 155 Å². The second-order valence-electron chi connectivity index (χ2n) is 15.2. The highest BCUT2D eigenvalue weighted by Gasteiger charge is 2.57. The number of aromatic nitrogens is 2. The van der Waals surface area contributed by atoms with Crippen LogP contribution in [-0.2, 0) is 12.8 Å². The zero-order valence-corrected chi connectivity index (χ0v) is 33.7. The van der Waals surface area contributed by atoms with E-state index in [4.69, 9.17) is 50.3 Å². The third-order valence-corrected chi connectivity index (χ3v) is 14.5. The molecule has 2 aromatic heterocycles. The lowest BCUT2D eigenvalue weighted by Crippen LogP contribution is -2.68. The van der Waals surface area contributed by atoms with E-state index in [1.807, 2.05) is 121 Å². The Morgan fingerprint density at radius 2 is 0.754 bits per heavy atom. The number of nitrogens with two attached hydrogens (primary N) is 2. The van der Waals surface area contributed by atoms with Gasteiger partial charge in [0.25, 0.3) is 0 Å². The predicted molar refractivity (Wildman–Crippen MR) is 241 cm³/mol. The lowest BCUT2D eigenvalue weighted by atomic mass is 10.1. The Hall–Kier alpha value is -7.58. The average Bonchev–Trinajstić information content (AvgIpc) is 4.01. The van der Waals surface area contributed by atoms with Crippen molar-refractivity contribution in [3.8, 4) is 11.5 Å². The standard InChI is InChI=1S/C48H36N10O2Si/c49-27-25-29-17-21-31(22-18-29)59-61(60-32-23-19-30(20-24-32)26-28-50)57-45-37-13-5-6-14-38(37)47(57)55-43-35-11-3-4-12-36(35)44(52-43)56-48-40-16-8-7-15-39(40)46(58(48)61)54-42-34-10-2-1-9-33(34)41(51-42)53-45/h1-24H,25-28,49-50H2. The van der Waals surface area contributed by atoms with Crippen molar-refractivity contribution in [2.75, 3.05) is 13.1 Å². The number of fused-ring (bicyclic) bond motifs is 14. The average molecular weight is 813 g/mol. The van der Waals surface area contributed by atoms with Crippen LogP contribution < -0.4 is 31.3 Å². The third-order valence-electron chi connectivity index (χ3n) is 11.5. The fourth-order valence-corrected chi connectivity index (χ4v) is 12.0. The Morgan fingerprint density at radius 3 is 1.15 bits per heavy atom. The maximum Gasteiger partial charge on any atom is 0.738 e. The summed E-state index contributed by atoms with van der Waals surface area (Å²) in [6, 6.07) is 48.5. The number of aliphatic imine (C=N–C) groups is 4. The summed E-state index contributed by atoms with van der Waals surface area (Å²) < 4.78 is 19.6. The predicted octanol–water partition coefficient (Wildman–Crippen LogP) is 6.53. The molecule has 4 aliphatic heterocycles. The largest absolute Gasteiger partial charge is 0.738 e. The van der Waals surface area contributed by atoms with Gasteiger partial charge < -0.3 is 20.3 Å². The van der Waals surface area contributed by atoms with Crippen LogP contribution in [0, 0.1) is 0 Å². The van der Waals surface area contributed by atoms with Gasteiger partial charge in [-0.1, -0.05) is 121 Å². The lowest BCUT2D eigenvalue weighted by molar-refractivity contribution is 0.345. The summed E-state index contributed by atoms with van der Waals surface area (Å²) in [5.74, 6) is 4.33. The van der Waals surface area contributed by atoms with Gasteiger partial charge in [-0.25, -0.2) is 30.0 Å². The van der Waals surface area contributed by atoms with Crippen LogP contribution in [0.15, 0.2) is 176 Å². The van der Waals surface area contributed by atoms with E-state index < -0.39 is 8.88 Å². The fourth-order valence-electron chi connectivity index (χ4n) is 8.73. The van der Waals surface area contributed by atoms with E-state index in [-0.39, 0.29) is 0 Å². The van der Waals surface area contributed by atoms with Crippen LogP contribution in [0.1, 0.15) is 33.4 Å². The van der Waals surface area contributed by atoms with Crippen molar-refractivity contribution in [3.63, 3.8) is 0 Å². The van der Waals surface area contributed by atoms with E-state index in [0.29, 0.717) is 70.5 Å². The molecule has 6 aromatic carbocycles. The molecular weight excluding hydrogens is 777 g/mol. The molecule has 0 saturated carbocycles. The summed E-state index contributed by atoms with van der Waals surface area (Å²) in [5, 5.41) is 3.33. The van der Waals surface area contributed by atoms with Crippen molar-refractivity contribution in [3.05, 3.63) is 190 Å². The van der Waals surface area contributed by atoms with Crippen LogP contribution in [0.3, 0.4) is 0 Å². The molecule has 4 aliphatic rings. The Kier molecular flexibility index (Phi) is 7.97. The molecule has 12 nitrogen and oxygen atoms in total. The number of rotatable bonds is 8. The first-order valence-corrected chi connectivity index (χ1v) is 22.0. The van der Waals surface area contributed by atoms with Gasteiger partial charge in [0.05, 0.1) is 0 Å². The van der Waals surface area contributed by atoms with E-state index in [0.717, 1.165) is 67.8 Å². The van der Waals surface area contributed by atoms with Crippen LogP contribution in [0.4, 0.5) is 11.6 Å². The van der Waals surface area contributed by atoms with Gasteiger partial charge in [0.1, 0.15) is 34.1 Å². The molecule has 6 heterocycles. The highest BCUT2D eigenvalue weighted by molar-refractivity contribution is 6.67. The molecular formula is C48H36N10O2Si. The minimum Gasteiger partial charge on any atom is -0.480 e. The molecule has 0 saturated heterocycles. The van der Waals surface area contributed by atoms with Gasteiger partial charge >= 0.3 is 8.88 Å². The molecule has 0 atom stereocenters. The number of nitrogens with zero attached hydrogens (tertiary/aromatic N) is 8. The molecule has 0 unspecified atom stereocenters. The van der Waals surface area contributed by atoms with Crippen LogP contribution >= 0.6 is 0 Å². The Bertz CT molecular complexity index is 3180. The van der Waals surface area contributed by atoms with Crippen molar-refractivity contribution in [2.45, 2.75) is 12.8 Å². The van der Waals surface area contributed by atoms with Crippen LogP contribution in [0.5, 0.6) is 11.5 Å². The van der Waals surface area contributed by atoms with Gasteiger partial charge in [0.15, 0.2) is 23.3 Å². The highest BCUT2D eigenvalue weighted by Crippen LogP contribution is 2.44. The Morgan fingerprint density at radius 1 is 0.393 bits per heavy atom. The lowest BCUT2D eigenvalue weighted by Gasteiger charge is -2.33. The monoisotopic (exact) mass is 812 g/mol. The summed E-state index contributed by atoms with van der Waals surface area (Å²) in [5.41, 5.74) is 18.8. The molecule has 13 heteroatoms. The molecule has 0 fully saturated rings. The van der Waals surface area contributed by atoms with Gasteiger partial charge in [-0.05, 0) is 61.3 Å². The summed E-state index contributed by atoms with van der Waals surface area (Å²) in [6.45, 7) is 1.05. The summed E-state index contributed by atoms with van der Waals surface area (Å²) in [4.78, 5) is 32.4. The first kappa shape index (κ1) is 35.4. The molecule has 4 N–H and O–H groups in total. The second-order valence-corrected chi connectivity index (χ2v) is 17.6. The molecule has 0 aliphatic carbocycles. The van der Waals surface area contributed by atoms with Gasteiger partial charge in [0, 0.05) is 43.8 Å². The maximum atomic E-state index is 7.74. The number of benzene rings is 6. The first-order valence-electron chi connectivity index (χ1n) is 20.3.